The van der Waals surface area contributed by atoms with Gasteiger partial charge in [0.15, 0.2) is 17.3 Å². The number of carbonyl (C=O) groups excluding carboxylic acids is 2. The molecule has 0 spiro atoms. The highest BCUT2D eigenvalue weighted by Gasteiger charge is 2.24. The standard InChI is InChI=1S/C25H25N5O5/c1-16(23(32)27-20(17-10-6-4-7-11-17)18-12-8-5-9-13-18)35-19(31)14-30-15-26-22-21(30)24(33)29(3)25(34)28(22)2/h4-13,15-16,20H,14H2,1-3H3,(H,27,32)/t16-/m1/s1. The van der Waals surface area contributed by atoms with Crippen molar-refractivity contribution in [2.24, 2.45) is 14.1 Å². The van der Waals surface area contributed by atoms with Gasteiger partial charge in [-0.3, -0.25) is 23.5 Å². The second-order valence-electron chi connectivity index (χ2n) is 8.15. The van der Waals surface area contributed by atoms with E-state index in [4.69, 9.17) is 4.74 Å². The fourth-order valence-corrected chi connectivity index (χ4v) is 3.85. The van der Waals surface area contributed by atoms with E-state index in [-0.39, 0.29) is 17.7 Å². The lowest BCUT2D eigenvalue weighted by atomic mass is 9.98. The van der Waals surface area contributed by atoms with Crippen molar-refractivity contribution < 1.29 is 14.3 Å². The fraction of sp³-hybridized carbons (Fsp3) is 0.240. The van der Waals surface area contributed by atoms with Crippen LogP contribution in [0.1, 0.15) is 24.1 Å². The molecule has 0 radical (unpaired) electrons. The van der Waals surface area contributed by atoms with Crippen molar-refractivity contribution in [1.82, 2.24) is 24.0 Å². The Labute approximate surface area is 200 Å². The number of ether oxygens (including phenoxy) is 1. The van der Waals surface area contributed by atoms with Gasteiger partial charge in [0.1, 0.15) is 6.54 Å². The predicted octanol–water partition coefficient (Wildman–Crippen LogP) is 1.27. The smallest absolute Gasteiger partial charge is 0.332 e. The first kappa shape index (κ1) is 23.7. The number of aryl methyl sites for hydroxylation is 1. The number of nitrogens with one attached hydrogen (secondary N) is 1. The van der Waals surface area contributed by atoms with Crippen LogP contribution in [0.3, 0.4) is 0 Å². The number of aromatic nitrogens is 4. The molecule has 2 aromatic carbocycles. The zero-order valence-electron chi connectivity index (χ0n) is 19.5. The molecule has 10 nitrogen and oxygen atoms in total. The average Bonchev–Trinajstić information content (AvgIpc) is 3.29. The third kappa shape index (κ3) is 4.77. The molecule has 0 bridgehead atoms. The van der Waals surface area contributed by atoms with Crippen LogP contribution >= 0.6 is 0 Å². The van der Waals surface area contributed by atoms with Gasteiger partial charge in [0.2, 0.25) is 0 Å². The highest BCUT2D eigenvalue weighted by Crippen LogP contribution is 2.22. The largest absolute Gasteiger partial charge is 0.451 e. The molecule has 2 aromatic heterocycles. The lowest BCUT2D eigenvalue weighted by molar-refractivity contribution is -0.155. The molecule has 0 saturated heterocycles. The molecular weight excluding hydrogens is 450 g/mol. The Morgan fingerprint density at radius 1 is 0.943 bits per heavy atom. The number of amides is 1. The maximum atomic E-state index is 12.9. The summed E-state index contributed by atoms with van der Waals surface area (Å²) >= 11 is 0. The summed E-state index contributed by atoms with van der Waals surface area (Å²) in [6.45, 7) is 1.14. The number of esters is 1. The number of carbonyl (C=O) groups is 2. The molecule has 1 atom stereocenters. The van der Waals surface area contributed by atoms with Crippen LogP contribution in [0.15, 0.2) is 76.6 Å². The molecule has 0 aliphatic rings. The second-order valence-corrected chi connectivity index (χ2v) is 8.15. The van der Waals surface area contributed by atoms with Crippen molar-refractivity contribution in [2.45, 2.75) is 25.6 Å². The zero-order valence-corrected chi connectivity index (χ0v) is 19.5. The van der Waals surface area contributed by atoms with Gasteiger partial charge < -0.3 is 14.6 Å². The van der Waals surface area contributed by atoms with Crippen molar-refractivity contribution in [1.29, 1.82) is 0 Å². The van der Waals surface area contributed by atoms with Crippen LogP contribution in [0, 0.1) is 0 Å². The van der Waals surface area contributed by atoms with Gasteiger partial charge in [0.05, 0.1) is 12.4 Å². The quantitative estimate of drug-likeness (QED) is 0.403. The van der Waals surface area contributed by atoms with E-state index in [2.05, 4.69) is 10.3 Å². The zero-order chi connectivity index (χ0) is 25.1. The molecule has 1 N–H and O–H groups in total. The first-order chi connectivity index (χ1) is 16.8. The van der Waals surface area contributed by atoms with Crippen molar-refractivity contribution in [2.75, 3.05) is 0 Å². The summed E-state index contributed by atoms with van der Waals surface area (Å²) in [4.78, 5) is 54.3. The maximum Gasteiger partial charge on any atom is 0.332 e. The highest BCUT2D eigenvalue weighted by atomic mass is 16.5. The van der Waals surface area contributed by atoms with Crippen LogP contribution in [-0.4, -0.2) is 36.7 Å². The monoisotopic (exact) mass is 475 g/mol. The summed E-state index contributed by atoms with van der Waals surface area (Å²) in [5.41, 5.74) is 0.927. The average molecular weight is 476 g/mol. The van der Waals surface area contributed by atoms with Gasteiger partial charge in [-0.1, -0.05) is 60.7 Å². The summed E-state index contributed by atoms with van der Waals surface area (Å²) in [5.74, 6) is -1.19. The molecule has 10 heteroatoms. The molecule has 0 saturated carbocycles. The molecule has 0 fully saturated rings. The van der Waals surface area contributed by atoms with E-state index in [1.165, 1.54) is 36.5 Å². The van der Waals surface area contributed by atoms with Gasteiger partial charge in [-0.2, -0.15) is 0 Å². The van der Waals surface area contributed by atoms with E-state index in [0.29, 0.717) is 0 Å². The van der Waals surface area contributed by atoms with Gasteiger partial charge in [-0.05, 0) is 18.1 Å². The van der Waals surface area contributed by atoms with E-state index >= 15 is 0 Å². The fourth-order valence-electron chi connectivity index (χ4n) is 3.85. The van der Waals surface area contributed by atoms with Crippen molar-refractivity contribution in [3.05, 3.63) is 99.0 Å². The minimum absolute atomic E-state index is 0.0943. The van der Waals surface area contributed by atoms with Crippen LogP contribution in [0.5, 0.6) is 0 Å². The van der Waals surface area contributed by atoms with Gasteiger partial charge in [-0.25, -0.2) is 9.78 Å². The number of benzene rings is 2. The number of nitrogens with zero attached hydrogens (tertiary/aromatic N) is 4. The Bertz CT molecular complexity index is 1450. The Kier molecular flexibility index (Phi) is 6.63. The Balaban J connectivity index is 1.49. The topological polar surface area (TPSA) is 117 Å². The Hall–Kier alpha value is -4.47. The van der Waals surface area contributed by atoms with Crippen molar-refractivity contribution in [3.63, 3.8) is 0 Å². The third-order valence-corrected chi connectivity index (χ3v) is 5.75. The van der Waals surface area contributed by atoms with Crippen LogP contribution in [-0.2, 0) is 35.0 Å². The molecule has 0 aliphatic carbocycles. The van der Waals surface area contributed by atoms with E-state index in [0.717, 1.165) is 15.7 Å². The number of rotatable bonds is 7. The van der Waals surface area contributed by atoms with Crippen molar-refractivity contribution in [3.8, 4) is 0 Å². The lowest BCUT2D eigenvalue weighted by Gasteiger charge is -2.22. The summed E-state index contributed by atoms with van der Waals surface area (Å²) in [5, 5.41) is 2.95. The summed E-state index contributed by atoms with van der Waals surface area (Å²) in [7, 11) is 2.84. The van der Waals surface area contributed by atoms with E-state index in [1.807, 2.05) is 60.7 Å². The number of hydrogen-bond donors (Lipinski definition) is 1. The van der Waals surface area contributed by atoms with E-state index in [1.54, 1.807) is 0 Å². The van der Waals surface area contributed by atoms with Gasteiger partial charge in [0.25, 0.3) is 11.5 Å². The molecule has 4 aromatic rings. The molecular formula is C25H25N5O5. The van der Waals surface area contributed by atoms with Crippen molar-refractivity contribution >= 4 is 23.0 Å². The third-order valence-electron chi connectivity index (χ3n) is 5.75. The van der Waals surface area contributed by atoms with Gasteiger partial charge in [0, 0.05) is 14.1 Å². The Morgan fingerprint density at radius 2 is 1.51 bits per heavy atom. The van der Waals surface area contributed by atoms with Crippen LogP contribution < -0.4 is 16.6 Å². The van der Waals surface area contributed by atoms with Gasteiger partial charge in [-0.15, -0.1) is 0 Å². The van der Waals surface area contributed by atoms with Crippen LogP contribution in [0.4, 0.5) is 0 Å². The first-order valence-corrected chi connectivity index (χ1v) is 11.0. The van der Waals surface area contributed by atoms with Gasteiger partial charge >= 0.3 is 11.7 Å². The highest BCUT2D eigenvalue weighted by molar-refractivity contribution is 5.84. The number of fused-ring (bicyclic) bond motifs is 1. The summed E-state index contributed by atoms with van der Waals surface area (Å²) < 4.78 is 8.82. The van der Waals surface area contributed by atoms with E-state index < -0.39 is 35.3 Å². The first-order valence-electron chi connectivity index (χ1n) is 11.0. The minimum atomic E-state index is -1.08. The van der Waals surface area contributed by atoms with E-state index in [9.17, 15) is 19.2 Å². The molecule has 180 valence electrons. The minimum Gasteiger partial charge on any atom is -0.451 e. The second kappa shape index (κ2) is 9.80. The van der Waals surface area contributed by atoms with Crippen LogP contribution in [0.2, 0.25) is 0 Å². The molecule has 2 heterocycles. The Morgan fingerprint density at radius 3 is 2.09 bits per heavy atom. The summed E-state index contributed by atoms with van der Waals surface area (Å²) in [6, 6.07) is 18.5. The summed E-state index contributed by atoms with van der Waals surface area (Å²) in [6.07, 6.45) is 0.206. The number of imidazole rings is 1. The molecule has 0 aliphatic heterocycles. The molecule has 0 unspecified atom stereocenters. The SMILES string of the molecule is C[C@@H](OC(=O)Cn1cnc2c1c(=O)n(C)c(=O)n2C)C(=O)NC(c1ccccc1)c1ccccc1. The molecule has 35 heavy (non-hydrogen) atoms. The predicted molar refractivity (Wildman–Crippen MR) is 129 cm³/mol. The number of hydrogen-bond acceptors (Lipinski definition) is 6. The normalized spacial score (nSPS) is 12.0. The van der Waals surface area contributed by atoms with Crippen LogP contribution in [0.25, 0.3) is 11.2 Å². The maximum absolute atomic E-state index is 12.9. The molecule has 4 rings (SSSR count). The molecule has 1 amide bonds. The lowest BCUT2D eigenvalue weighted by Crippen LogP contribution is -2.39.